The zero-order chi connectivity index (χ0) is 13.7. The van der Waals surface area contributed by atoms with Crippen LogP contribution in [0, 0.1) is 0 Å². The summed E-state index contributed by atoms with van der Waals surface area (Å²) in [7, 11) is 0. The Hall–Kier alpha value is -1.69. The molecule has 1 N–H and O–H groups in total. The van der Waals surface area contributed by atoms with Gasteiger partial charge in [-0.2, -0.15) is 0 Å². The van der Waals surface area contributed by atoms with Crippen LogP contribution in [-0.2, 0) is 16.1 Å². The molecule has 0 aliphatic rings. The van der Waals surface area contributed by atoms with Crippen LogP contribution in [0.3, 0.4) is 0 Å². The first-order valence-corrected chi connectivity index (χ1v) is 7.28. The number of rotatable bonds is 6. The summed E-state index contributed by atoms with van der Waals surface area (Å²) in [4.78, 5) is 25.7. The summed E-state index contributed by atoms with van der Waals surface area (Å²) >= 11 is 1.47. The van der Waals surface area contributed by atoms with Crippen molar-refractivity contribution in [2.45, 2.75) is 13.5 Å². The first kappa shape index (κ1) is 13.7. The lowest BCUT2D eigenvalue weighted by atomic mass is 10.3. The van der Waals surface area contributed by atoms with Gasteiger partial charge in [0, 0.05) is 12.3 Å². The number of nitrogens with one attached hydrogen (secondary N) is 1. The van der Waals surface area contributed by atoms with Crippen molar-refractivity contribution in [1.29, 1.82) is 0 Å². The lowest BCUT2D eigenvalue weighted by Crippen LogP contribution is -2.18. The number of carbonyl (C=O) groups is 1. The second kappa shape index (κ2) is 6.47. The smallest absolute Gasteiger partial charge is 0.326 e. The number of H-pyrrole nitrogens is 1. The molecular formula is C13H16N2O3S. The normalized spacial score (nSPS) is 10.8. The van der Waals surface area contributed by atoms with Crippen molar-refractivity contribution in [2.75, 3.05) is 18.1 Å². The third-order valence-electron chi connectivity index (χ3n) is 2.67. The van der Waals surface area contributed by atoms with Crippen molar-refractivity contribution in [3.63, 3.8) is 0 Å². The molecule has 0 aliphatic carbocycles. The number of benzene rings is 1. The van der Waals surface area contributed by atoms with Crippen LogP contribution in [0.4, 0.5) is 0 Å². The fourth-order valence-electron chi connectivity index (χ4n) is 1.84. The summed E-state index contributed by atoms with van der Waals surface area (Å²) in [6.07, 6.45) is 0. The summed E-state index contributed by atoms with van der Waals surface area (Å²) < 4.78 is 6.53. The zero-order valence-corrected chi connectivity index (χ0v) is 11.5. The van der Waals surface area contributed by atoms with Crippen molar-refractivity contribution in [3.05, 3.63) is 34.7 Å². The van der Waals surface area contributed by atoms with Crippen molar-refractivity contribution < 1.29 is 9.53 Å². The van der Waals surface area contributed by atoms with E-state index in [4.69, 9.17) is 4.74 Å². The minimum Gasteiger partial charge on any atom is -0.465 e. The Kier molecular flexibility index (Phi) is 4.68. The van der Waals surface area contributed by atoms with E-state index in [0.717, 1.165) is 11.0 Å². The van der Waals surface area contributed by atoms with Gasteiger partial charge in [-0.15, -0.1) is 11.8 Å². The Morgan fingerprint density at radius 2 is 2.21 bits per heavy atom. The molecule has 0 radical (unpaired) electrons. The number of ether oxygens (including phenoxy) is 1. The molecule has 6 heteroatoms. The van der Waals surface area contributed by atoms with Crippen molar-refractivity contribution in [1.82, 2.24) is 9.55 Å². The fraction of sp³-hybridized carbons (Fsp3) is 0.385. The number of fused-ring (bicyclic) bond motifs is 1. The number of thioether (sulfide) groups is 1. The molecule has 19 heavy (non-hydrogen) atoms. The third kappa shape index (κ3) is 3.41. The van der Waals surface area contributed by atoms with E-state index in [1.807, 2.05) is 24.3 Å². The van der Waals surface area contributed by atoms with Crippen molar-refractivity contribution in [2.24, 2.45) is 0 Å². The molecule has 1 heterocycles. The van der Waals surface area contributed by atoms with Gasteiger partial charge in [0.1, 0.15) is 0 Å². The van der Waals surface area contributed by atoms with Crippen molar-refractivity contribution >= 4 is 28.8 Å². The molecule has 0 unspecified atom stereocenters. The number of carbonyl (C=O) groups excluding carboxylic acids is 1. The summed E-state index contributed by atoms with van der Waals surface area (Å²) in [5.41, 5.74) is 1.62. The third-order valence-corrected chi connectivity index (χ3v) is 3.58. The number of aromatic amines is 1. The minimum absolute atomic E-state index is 0.113. The molecule has 5 nitrogen and oxygen atoms in total. The highest BCUT2D eigenvalue weighted by atomic mass is 32.2. The van der Waals surface area contributed by atoms with Gasteiger partial charge < -0.3 is 9.72 Å². The maximum absolute atomic E-state index is 11.8. The van der Waals surface area contributed by atoms with E-state index in [9.17, 15) is 9.59 Å². The van der Waals surface area contributed by atoms with E-state index in [1.165, 1.54) is 11.8 Å². The van der Waals surface area contributed by atoms with Gasteiger partial charge in [-0.25, -0.2) is 4.79 Å². The van der Waals surface area contributed by atoms with Gasteiger partial charge in [-0.1, -0.05) is 12.1 Å². The number of para-hydroxylation sites is 2. The predicted octanol–water partition coefficient (Wildman–Crippen LogP) is 1.63. The van der Waals surface area contributed by atoms with Gasteiger partial charge >= 0.3 is 11.7 Å². The maximum Gasteiger partial charge on any atom is 0.326 e. The highest BCUT2D eigenvalue weighted by Crippen LogP contribution is 2.10. The second-order valence-corrected chi connectivity index (χ2v) is 5.06. The SMILES string of the molecule is CCOC(=O)CSCCn1c(=O)[nH]c2ccccc21. The van der Waals surface area contributed by atoms with Crippen LogP contribution in [0.1, 0.15) is 6.92 Å². The highest BCUT2D eigenvalue weighted by Gasteiger charge is 2.06. The molecule has 0 aliphatic heterocycles. The number of nitrogens with zero attached hydrogens (tertiary/aromatic N) is 1. The van der Waals surface area contributed by atoms with Gasteiger partial charge in [0.2, 0.25) is 0 Å². The number of imidazole rings is 1. The average Bonchev–Trinajstić information content (AvgIpc) is 2.71. The van der Waals surface area contributed by atoms with Gasteiger partial charge in [0.25, 0.3) is 0 Å². The molecule has 1 aromatic heterocycles. The quantitative estimate of drug-likeness (QED) is 0.645. The van der Waals surface area contributed by atoms with Gasteiger partial charge in [-0.3, -0.25) is 9.36 Å². The number of aromatic nitrogens is 2. The number of esters is 1. The lowest BCUT2D eigenvalue weighted by Gasteiger charge is -2.03. The molecule has 0 atom stereocenters. The Morgan fingerprint density at radius 3 is 3.00 bits per heavy atom. The molecule has 1 aromatic carbocycles. The van der Waals surface area contributed by atoms with Crippen LogP contribution in [0.5, 0.6) is 0 Å². The highest BCUT2D eigenvalue weighted by molar-refractivity contribution is 7.99. The Bertz CT molecular complexity index is 618. The van der Waals surface area contributed by atoms with E-state index in [1.54, 1.807) is 11.5 Å². The summed E-state index contributed by atoms with van der Waals surface area (Å²) in [5.74, 6) is 0.810. The van der Waals surface area contributed by atoms with Crippen LogP contribution >= 0.6 is 11.8 Å². The Balaban J connectivity index is 1.93. The first-order chi connectivity index (χ1) is 9.22. The van der Waals surface area contributed by atoms with Crippen LogP contribution in [0.15, 0.2) is 29.1 Å². The topological polar surface area (TPSA) is 64.1 Å². The zero-order valence-electron chi connectivity index (χ0n) is 10.7. The van der Waals surface area contributed by atoms with Gasteiger partial charge in [0.15, 0.2) is 0 Å². The molecule has 0 amide bonds. The Labute approximate surface area is 115 Å². The molecule has 0 spiro atoms. The average molecular weight is 280 g/mol. The largest absolute Gasteiger partial charge is 0.465 e. The van der Waals surface area contributed by atoms with Crippen LogP contribution in [0.25, 0.3) is 11.0 Å². The molecule has 2 aromatic rings. The standard InChI is InChI=1S/C13H16N2O3S/c1-2-18-12(16)9-19-8-7-15-11-6-4-3-5-10(11)14-13(15)17/h3-6H,2,7-9H2,1H3,(H,14,17). The predicted molar refractivity (Wildman–Crippen MR) is 76.5 cm³/mol. The van der Waals surface area contributed by atoms with E-state index in [0.29, 0.717) is 24.7 Å². The summed E-state index contributed by atoms with van der Waals surface area (Å²) in [5, 5.41) is 0. The molecular weight excluding hydrogens is 264 g/mol. The molecule has 2 rings (SSSR count). The minimum atomic E-state index is -0.209. The number of hydrogen-bond donors (Lipinski definition) is 1. The van der Waals surface area contributed by atoms with E-state index in [2.05, 4.69) is 4.98 Å². The molecule has 0 fully saturated rings. The molecule has 0 saturated carbocycles. The van der Waals surface area contributed by atoms with Crippen LogP contribution in [-0.4, -0.2) is 33.6 Å². The maximum atomic E-state index is 11.8. The summed E-state index contributed by atoms with van der Waals surface area (Å²) in [6, 6.07) is 7.57. The monoisotopic (exact) mass is 280 g/mol. The second-order valence-electron chi connectivity index (χ2n) is 3.96. The van der Waals surface area contributed by atoms with E-state index < -0.39 is 0 Å². The van der Waals surface area contributed by atoms with E-state index in [-0.39, 0.29) is 11.7 Å². The van der Waals surface area contributed by atoms with Crippen molar-refractivity contribution in [3.8, 4) is 0 Å². The fourth-order valence-corrected chi connectivity index (χ4v) is 2.55. The Morgan fingerprint density at radius 1 is 1.42 bits per heavy atom. The molecule has 102 valence electrons. The van der Waals surface area contributed by atoms with Gasteiger partial charge in [0.05, 0.1) is 23.4 Å². The molecule has 0 bridgehead atoms. The van der Waals surface area contributed by atoms with Crippen LogP contribution in [0.2, 0.25) is 0 Å². The van der Waals surface area contributed by atoms with Gasteiger partial charge in [-0.05, 0) is 19.1 Å². The number of aryl methyl sites for hydroxylation is 1. The summed E-state index contributed by atoms with van der Waals surface area (Å²) in [6.45, 7) is 2.77. The lowest BCUT2D eigenvalue weighted by molar-refractivity contribution is -0.139. The van der Waals surface area contributed by atoms with Crippen LogP contribution < -0.4 is 5.69 Å². The number of hydrogen-bond acceptors (Lipinski definition) is 4. The first-order valence-electron chi connectivity index (χ1n) is 6.13. The van der Waals surface area contributed by atoms with E-state index >= 15 is 0 Å². The molecule has 0 saturated heterocycles.